The summed E-state index contributed by atoms with van der Waals surface area (Å²) >= 11 is 1.25. The minimum Gasteiger partial charge on any atom is -0.493 e. The summed E-state index contributed by atoms with van der Waals surface area (Å²) in [4.78, 5) is 26.5. The number of aryl methyl sites for hydroxylation is 1. The highest BCUT2D eigenvalue weighted by Gasteiger charge is 2.25. The summed E-state index contributed by atoms with van der Waals surface area (Å²) in [6.07, 6.45) is 1.45. The quantitative estimate of drug-likeness (QED) is 0.263. The van der Waals surface area contributed by atoms with Crippen molar-refractivity contribution in [2.75, 3.05) is 26.1 Å². The number of methoxy groups -OCH3 is 2. The summed E-state index contributed by atoms with van der Waals surface area (Å²) in [5.74, 6) is -0.156. The normalized spacial score (nSPS) is 10.9. The molecule has 1 N–H and O–H groups in total. The molecule has 34 heavy (non-hydrogen) atoms. The van der Waals surface area contributed by atoms with Crippen LogP contribution in [0, 0.1) is 18.3 Å². The maximum atomic E-state index is 13.0. The molecule has 3 aromatic rings. The Morgan fingerprint density at radius 3 is 2.47 bits per heavy atom. The van der Waals surface area contributed by atoms with Gasteiger partial charge in [-0.15, -0.1) is 11.3 Å². The van der Waals surface area contributed by atoms with Crippen LogP contribution in [0.3, 0.4) is 0 Å². The van der Waals surface area contributed by atoms with E-state index in [0.29, 0.717) is 34.2 Å². The first-order chi connectivity index (χ1) is 16.4. The van der Waals surface area contributed by atoms with Gasteiger partial charge in [0.15, 0.2) is 11.5 Å². The molecule has 0 saturated carbocycles. The highest BCUT2D eigenvalue weighted by molar-refractivity contribution is 7.17. The minimum absolute atomic E-state index is 0.130. The lowest BCUT2D eigenvalue weighted by Gasteiger charge is -2.10. The summed E-state index contributed by atoms with van der Waals surface area (Å²) < 4.78 is 15.8. The van der Waals surface area contributed by atoms with Gasteiger partial charge in [-0.25, -0.2) is 4.79 Å². The zero-order valence-electron chi connectivity index (χ0n) is 19.3. The van der Waals surface area contributed by atoms with Crippen molar-refractivity contribution in [1.82, 2.24) is 0 Å². The number of thiophene rings is 1. The number of hydrogen-bond donors (Lipinski definition) is 1. The van der Waals surface area contributed by atoms with E-state index in [1.807, 2.05) is 50.2 Å². The van der Waals surface area contributed by atoms with E-state index in [0.717, 1.165) is 10.4 Å². The molecule has 2 aromatic carbocycles. The van der Waals surface area contributed by atoms with Crippen LogP contribution in [0.5, 0.6) is 11.5 Å². The van der Waals surface area contributed by atoms with Crippen molar-refractivity contribution in [2.24, 2.45) is 0 Å². The molecule has 0 aliphatic carbocycles. The van der Waals surface area contributed by atoms with Crippen LogP contribution >= 0.6 is 11.3 Å². The fourth-order valence-corrected chi connectivity index (χ4v) is 4.48. The second-order valence-electron chi connectivity index (χ2n) is 7.06. The summed E-state index contributed by atoms with van der Waals surface area (Å²) in [5, 5.41) is 12.7. The maximum absolute atomic E-state index is 13.0. The molecule has 0 atom stereocenters. The van der Waals surface area contributed by atoms with E-state index in [1.54, 1.807) is 18.2 Å². The lowest BCUT2D eigenvalue weighted by Crippen LogP contribution is -2.15. The number of ether oxygens (including phenoxy) is 3. The molecule has 0 bridgehead atoms. The molecule has 8 heteroatoms. The van der Waals surface area contributed by atoms with E-state index in [1.165, 1.54) is 31.6 Å². The monoisotopic (exact) mass is 476 g/mol. The predicted octanol–water partition coefficient (Wildman–Crippen LogP) is 5.46. The van der Waals surface area contributed by atoms with Gasteiger partial charge in [-0.1, -0.05) is 36.4 Å². The minimum atomic E-state index is -0.638. The summed E-state index contributed by atoms with van der Waals surface area (Å²) in [6, 6.07) is 16.4. The number of carbonyl (C=O) groups is 2. The first-order valence-corrected chi connectivity index (χ1v) is 11.3. The second kappa shape index (κ2) is 11.2. The van der Waals surface area contributed by atoms with Crippen molar-refractivity contribution >= 4 is 34.3 Å². The summed E-state index contributed by atoms with van der Waals surface area (Å²) in [7, 11) is 2.80. The molecule has 1 amide bonds. The van der Waals surface area contributed by atoms with E-state index in [9.17, 15) is 14.9 Å². The number of nitrogens with one attached hydrogen (secondary N) is 1. The Kier molecular flexibility index (Phi) is 8.06. The van der Waals surface area contributed by atoms with Gasteiger partial charge in [-0.05, 0) is 43.2 Å². The number of carbonyl (C=O) groups excluding carboxylic acids is 2. The molecular weight excluding hydrogens is 452 g/mol. The number of hydrogen-bond acceptors (Lipinski definition) is 7. The van der Waals surface area contributed by atoms with Gasteiger partial charge < -0.3 is 19.5 Å². The number of esters is 1. The van der Waals surface area contributed by atoms with Crippen LogP contribution in [0.4, 0.5) is 5.00 Å². The highest BCUT2D eigenvalue weighted by Crippen LogP contribution is 2.40. The third kappa shape index (κ3) is 5.27. The smallest absolute Gasteiger partial charge is 0.341 e. The van der Waals surface area contributed by atoms with Crippen molar-refractivity contribution in [3.63, 3.8) is 0 Å². The van der Waals surface area contributed by atoms with E-state index < -0.39 is 11.9 Å². The van der Waals surface area contributed by atoms with E-state index >= 15 is 0 Å². The molecular formula is C26H24N2O5S. The fourth-order valence-electron chi connectivity index (χ4n) is 3.42. The summed E-state index contributed by atoms with van der Waals surface area (Å²) in [5.41, 5.74) is 2.23. The maximum Gasteiger partial charge on any atom is 0.341 e. The van der Waals surface area contributed by atoms with Gasteiger partial charge in [0.05, 0.1) is 20.8 Å². The highest BCUT2D eigenvalue weighted by atomic mass is 32.1. The molecule has 1 heterocycles. The standard InChI is InChI=1S/C26H24N2O5S/c1-5-33-20-12-11-17(14-21(20)31-3)13-19(15-27)24(29)28-25-23(26(30)32-4)22(16(2)34-25)18-9-7-6-8-10-18/h6-14H,5H2,1-4H3,(H,28,29)/b19-13+. The average Bonchev–Trinajstić information content (AvgIpc) is 3.18. The van der Waals surface area contributed by atoms with Gasteiger partial charge in [0, 0.05) is 10.4 Å². The molecule has 0 radical (unpaired) electrons. The largest absolute Gasteiger partial charge is 0.493 e. The lowest BCUT2D eigenvalue weighted by molar-refractivity contribution is -0.112. The third-order valence-electron chi connectivity index (χ3n) is 4.93. The molecule has 0 spiro atoms. The van der Waals surface area contributed by atoms with Crippen LogP contribution in [0.25, 0.3) is 17.2 Å². The second-order valence-corrected chi connectivity index (χ2v) is 8.29. The lowest BCUT2D eigenvalue weighted by atomic mass is 10.0. The first kappa shape index (κ1) is 24.6. The van der Waals surface area contributed by atoms with E-state index in [-0.39, 0.29) is 11.1 Å². The van der Waals surface area contributed by atoms with Crippen LogP contribution in [-0.4, -0.2) is 32.7 Å². The third-order valence-corrected chi connectivity index (χ3v) is 5.95. The average molecular weight is 477 g/mol. The zero-order valence-corrected chi connectivity index (χ0v) is 20.1. The molecule has 0 unspecified atom stereocenters. The number of rotatable bonds is 8. The van der Waals surface area contributed by atoms with E-state index in [4.69, 9.17) is 14.2 Å². The topological polar surface area (TPSA) is 97.7 Å². The Hall–Kier alpha value is -4.09. The van der Waals surface area contributed by atoms with Gasteiger partial charge in [0.25, 0.3) is 5.91 Å². The van der Waals surface area contributed by atoms with Crippen molar-refractivity contribution < 1.29 is 23.8 Å². The van der Waals surface area contributed by atoms with Crippen LogP contribution in [0.2, 0.25) is 0 Å². The van der Waals surface area contributed by atoms with Crippen LogP contribution in [-0.2, 0) is 9.53 Å². The number of anilines is 1. The summed E-state index contributed by atoms with van der Waals surface area (Å²) in [6.45, 7) is 4.21. The van der Waals surface area contributed by atoms with Gasteiger partial charge in [-0.2, -0.15) is 5.26 Å². The van der Waals surface area contributed by atoms with Crippen molar-refractivity contribution in [3.05, 3.63) is 70.1 Å². The van der Waals surface area contributed by atoms with Crippen molar-refractivity contribution in [2.45, 2.75) is 13.8 Å². The first-order valence-electron chi connectivity index (χ1n) is 10.4. The van der Waals surface area contributed by atoms with Crippen molar-refractivity contribution in [3.8, 4) is 28.7 Å². The molecule has 1 aromatic heterocycles. The molecule has 7 nitrogen and oxygen atoms in total. The molecule has 3 rings (SSSR count). The van der Waals surface area contributed by atoms with Gasteiger partial charge in [0.2, 0.25) is 0 Å². The molecule has 0 saturated heterocycles. The van der Waals surface area contributed by atoms with E-state index in [2.05, 4.69) is 5.32 Å². The fraction of sp³-hybridized carbons (Fsp3) is 0.192. The van der Waals surface area contributed by atoms with Gasteiger partial charge in [0.1, 0.15) is 22.2 Å². The molecule has 0 aliphatic heterocycles. The zero-order chi connectivity index (χ0) is 24.7. The van der Waals surface area contributed by atoms with Gasteiger partial charge >= 0.3 is 5.97 Å². The van der Waals surface area contributed by atoms with Crippen LogP contribution in [0.15, 0.2) is 54.1 Å². The van der Waals surface area contributed by atoms with Crippen LogP contribution in [0.1, 0.15) is 27.7 Å². The number of nitrogens with zero attached hydrogens (tertiary/aromatic N) is 1. The van der Waals surface area contributed by atoms with Crippen LogP contribution < -0.4 is 14.8 Å². The predicted molar refractivity (Wildman–Crippen MR) is 132 cm³/mol. The Balaban J connectivity index is 1.97. The molecule has 0 aliphatic rings. The number of nitriles is 1. The molecule has 0 fully saturated rings. The Morgan fingerprint density at radius 2 is 1.85 bits per heavy atom. The van der Waals surface area contributed by atoms with Crippen molar-refractivity contribution in [1.29, 1.82) is 5.26 Å². The van der Waals surface area contributed by atoms with Gasteiger partial charge in [-0.3, -0.25) is 4.79 Å². The Morgan fingerprint density at radius 1 is 1.12 bits per heavy atom. The molecule has 174 valence electrons. The number of benzene rings is 2. The SMILES string of the molecule is CCOc1ccc(/C=C(\C#N)C(=O)Nc2sc(C)c(-c3ccccc3)c2C(=O)OC)cc1OC. The Labute approximate surface area is 202 Å². The number of amides is 1. The Bertz CT molecular complexity index is 1270.